The van der Waals surface area contributed by atoms with Crippen LogP contribution in [0.2, 0.25) is 0 Å². The van der Waals surface area contributed by atoms with E-state index in [4.69, 9.17) is 5.10 Å². The molecule has 3 N–H and O–H groups in total. The molecule has 5 aromatic rings. The van der Waals surface area contributed by atoms with E-state index in [2.05, 4.69) is 52.8 Å². The average Bonchev–Trinajstić information content (AvgIpc) is 3.50. The first-order chi connectivity index (χ1) is 23.9. The lowest BCUT2D eigenvalue weighted by Crippen LogP contribution is -2.39. The molecule has 6 rings (SSSR count). The van der Waals surface area contributed by atoms with Gasteiger partial charge >= 0.3 is 6.03 Å². The lowest BCUT2D eigenvalue weighted by molar-refractivity contribution is 0.0691. The summed E-state index contributed by atoms with van der Waals surface area (Å²) in [5.74, 6) is 1.45. The molecule has 0 aliphatic carbocycles. The fourth-order valence-corrected chi connectivity index (χ4v) is 6.31. The fourth-order valence-electron chi connectivity index (χ4n) is 6.31. The van der Waals surface area contributed by atoms with Crippen molar-refractivity contribution in [1.29, 1.82) is 0 Å². The van der Waals surface area contributed by atoms with Crippen LogP contribution in [0.25, 0.3) is 5.69 Å². The van der Waals surface area contributed by atoms with Gasteiger partial charge in [0.1, 0.15) is 5.82 Å². The van der Waals surface area contributed by atoms with Gasteiger partial charge in [-0.3, -0.25) is 10.1 Å². The van der Waals surface area contributed by atoms with Crippen LogP contribution in [0.5, 0.6) is 0 Å². The number of carbonyl (C=O) groups is 2. The van der Waals surface area contributed by atoms with Crippen LogP contribution >= 0.6 is 0 Å². The van der Waals surface area contributed by atoms with Gasteiger partial charge in [0, 0.05) is 41.6 Å². The van der Waals surface area contributed by atoms with Crippen molar-refractivity contribution < 1.29 is 9.59 Å². The smallest absolute Gasteiger partial charge is 0.324 e. The number of rotatable bonds is 8. The lowest BCUT2D eigenvalue weighted by atomic mass is 9.89. The number of hydrogen-bond acceptors (Lipinski definition) is 6. The number of urea groups is 1. The zero-order chi connectivity index (χ0) is 35.4. The Morgan fingerprint density at radius 3 is 2.12 bits per heavy atom. The number of likely N-dealkylation sites (tertiary alicyclic amines) is 1. The molecule has 0 saturated carbocycles. The number of aryl methyl sites for hydroxylation is 3. The van der Waals surface area contributed by atoms with E-state index in [1.54, 1.807) is 4.68 Å². The highest BCUT2D eigenvalue weighted by Crippen LogP contribution is 2.30. The molecule has 1 aliphatic rings. The second-order valence-corrected chi connectivity index (χ2v) is 14.2. The molecule has 2 aromatic heterocycles. The maximum atomic E-state index is 13.7. The number of amides is 3. The van der Waals surface area contributed by atoms with E-state index in [-0.39, 0.29) is 17.4 Å². The fraction of sp³-hybridized carbons (Fsp3) is 0.325. The highest BCUT2D eigenvalue weighted by Gasteiger charge is 2.26. The minimum atomic E-state index is -0.329. The van der Waals surface area contributed by atoms with Crippen molar-refractivity contribution in [2.45, 2.75) is 66.2 Å². The van der Waals surface area contributed by atoms with Crippen LogP contribution in [-0.2, 0) is 11.8 Å². The largest absolute Gasteiger partial charge is 0.339 e. The number of nitrogens with zero attached hydrogens (tertiary/aromatic N) is 5. The Bertz CT molecular complexity index is 1970. The number of hydrogen-bond donors (Lipinski definition) is 3. The van der Waals surface area contributed by atoms with E-state index in [0.717, 1.165) is 58.8 Å². The van der Waals surface area contributed by atoms with Crippen molar-refractivity contribution in [3.63, 3.8) is 0 Å². The summed E-state index contributed by atoms with van der Waals surface area (Å²) in [5, 5.41) is 14.2. The monoisotopic (exact) mass is 670 g/mol. The number of aromatic nitrogens is 4. The predicted octanol–water partition coefficient (Wildman–Crippen LogP) is 8.37. The van der Waals surface area contributed by atoms with Crippen LogP contribution in [0, 0.1) is 26.7 Å². The number of carbonyl (C=O) groups excluding carboxylic acids is 2. The van der Waals surface area contributed by atoms with Crippen molar-refractivity contribution in [2.24, 2.45) is 5.92 Å². The summed E-state index contributed by atoms with van der Waals surface area (Å²) in [6.07, 6.45) is 2.54. The molecule has 10 heteroatoms. The first-order valence-electron chi connectivity index (χ1n) is 17.2. The first kappa shape index (κ1) is 34.4. The molecule has 3 heterocycles. The standard InChI is InChI=1S/C40H46N8O2/c1-26-15-17-31(18-16-26)48-36(25-35(46-48)40(4,5)6)45-39(50)44-33-13-9-7-11-30(33)24-29-19-21-47(22-20-29)37(49)32-12-8-10-14-34(32)43-38-41-27(2)23-28(3)42-38/h7-18,23,25,29H,19-22,24H2,1-6H3,(H,41,42,43)(H2,44,45,50). The van der Waals surface area contributed by atoms with Gasteiger partial charge in [0.15, 0.2) is 0 Å². The molecule has 3 aromatic carbocycles. The SMILES string of the molecule is Cc1ccc(-n2nc(C(C)(C)C)cc2NC(=O)Nc2ccccc2CC2CCN(C(=O)c3ccccc3Nc3nc(C)cc(C)n3)CC2)cc1. The molecule has 1 saturated heterocycles. The molecule has 1 fully saturated rings. The molecule has 0 unspecified atom stereocenters. The molecule has 10 nitrogen and oxygen atoms in total. The third-order valence-electron chi connectivity index (χ3n) is 9.06. The van der Waals surface area contributed by atoms with Crippen LogP contribution in [0.15, 0.2) is 84.9 Å². The van der Waals surface area contributed by atoms with Crippen LogP contribution < -0.4 is 16.0 Å². The summed E-state index contributed by atoms with van der Waals surface area (Å²) in [7, 11) is 0. The molecule has 0 spiro atoms. The van der Waals surface area contributed by atoms with E-state index >= 15 is 0 Å². The minimum Gasteiger partial charge on any atom is -0.339 e. The van der Waals surface area contributed by atoms with E-state index in [0.29, 0.717) is 42.0 Å². The van der Waals surface area contributed by atoms with Gasteiger partial charge in [-0.25, -0.2) is 19.4 Å². The molecule has 50 heavy (non-hydrogen) atoms. The quantitative estimate of drug-likeness (QED) is 0.153. The summed E-state index contributed by atoms with van der Waals surface area (Å²) in [6, 6.07) is 27.1. The van der Waals surface area contributed by atoms with Crippen LogP contribution in [0.1, 0.15) is 72.2 Å². The third kappa shape index (κ3) is 8.19. The highest BCUT2D eigenvalue weighted by atomic mass is 16.2. The third-order valence-corrected chi connectivity index (χ3v) is 9.06. The maximum absolute atomic E-state index is 13.7. The Morgan fingerprint density at radius 2 is 1.44 bits per heavy atom. The summed E-state index contributed by atoms with van der Waals surface area (Å²) in [5.41, 5.74) is 7.59. The van der Waals surface area contributed by atoms with Gasteiger partial charge in [0.25, 0.3) is 5.91 Å². The number of para-hydroxylation sites is 2. The first-order valence-corrected chi connectivity index (χ1v) is 17.2. The zero-order valence-electron chi connectivity index (χ0n) is 29.7. The number of nitrogens with one attached hydrogen (secondary N) is 3. The molecule has 0 bridgehead atoms. The highest BCUT2D eigenvalue weighted by molar-refractivity contribution is 6.00. The molecule has 258 valence electrons. The number of benzene rings is 3. The topological polar surface area (TPSA) is 117 Å². The summed E-state index contributed by atoms with van der Waals surface area (Å²) in [4.78, 5) is 38.0. The van der Waals surface area contributed by atoms with Crippen LogP contribution in [-0.4, -0.2) is 49.7 Å². The van der Waals surface area contributed by atoms with E-state index in [9.17, 15) is 9.59 Å². The van der Waals surface area contributed by atoms with Crippen LogP contribution in [0.3, 0.4) is 0 Å². The lowest BCUT2D eigenvalue weighted by Gasteiger charge is -2.33. The summed E-state index contributed by atoms with van der Waals surface area (Å²) < 4.78 is 1.78. The summed E-state index contributed by atoms with van der Waals surface area (Å²) in [6.45, 7) is 13.5. The molecule has 3 amide bonds. The summed E-state index contributed by atoms with van der Waals surface area (Å²) >= 11 is 0. The Hall–Kier alpha value is -5.51. The van der Waals surface area contributed by atoms with Gasteiger partial charge in [-0.15, -0.1) is 0 Å². The molecular weight excluding hydrogens is 624 g/mol. The van der Waals surface area contributed by atoms with Gasteiger partial charge < -0.3 is 15.5 Å². The van der Waals surface area contributed by atoms with Gasteiger partial charge in [-0.2, -0.15) is 5.10 Å². The molecule has 0 radical (unpaired) electrons. The van der Waals surface area contributed by atoms with E-state index in [1.807, 2.05) is 105 Å². The normalized spacial score (nSPS) is 13.6. The Kier molecular flexibility index (Phi) is 9.99. The Labute approximate surface area is 294 Å². The maximum Gasteiger partial charge on any atom is 0.324 e. The van der Waals surface area contributed by atoms with Crippen molar-refractivity contribution in [1.82, 2.24) is 24.6 Å². The van der Waals surface area contributed by atoms with Crippen molar-refractivity contribution in [3.05, 3.63) is 119 Å². The average molecular weight is 671 g/mol. The predicted molar refractivity (Wildman–Crippen MR) is 200 cm³/mol. The second kappa shape index (κ2) is 14.5. The number of piperidine rings is 1. The van der Waals surface area contributed by atoms with Crippen LogP contribution in [0.4, 0.5) is 27.9 Å². The molecular formula is C40H46N8O2. The second-order valence-electron chi connectivity index (χ2n) is 14.2. The van der Waals surface area contributed by atoms with Gasteiger partial charge in [0.2, 0.25) is 5.95 Å². The minimum absolute atomic E-state index is 0.00541. The van der Waals surface area contributed by atoms with Gasteiger partial charge in [-0.1, -0.05) is 68.8 Å². The number of anilines is 4. The van der Waals surface area contributed by atoms with Crippen molar-refractivity contribution in [2.75, 3.05) is 29.0 Å². The van der Waals surface area contributed by atoms with Gasteiger partial charge in [0.05, 0.1) is 22.6 Å². The van der Waals surface area contributed by atoms with E-state index in [1.165, 1.54) is 0 Å². The zero-order valence-corrected chi connectivity index (χ0v) is 29.7. The Morgan fingerprint density at radius 1 is 0.800 bits per heavy atom. The molecule has 1 aliphatic heterocycles. The molecule has 0 atom stereocenters. The van der Waals surface area contributed by atoms with Gasteiger partial charge in [-0.05, 0) is 87.9 Å². The Balaban J connectivity index is 1.09. The van der Waals surface area contributed by atoms with Crippen molar-refractivity contribution in [3.8, 4) is 5.69 Å². The van der Waals surface area contributed by atoms with E-state index < -0.39 is 0 Å². The van der Waals surface area contributed by atoms with Crippen molar-refractivity contribution >= 4 is 35.1 Å².